The summed E-state index contributed by atoms with van der Waals surface area (Å²) in [6.45, 7) is 1.42. The number of carbonyl (C=O) groups excluding carboxylic acids is 1. The van der Waals surface area contributed by atoms with Gasteiger partial charge in [0, 0.05) is 52.4 Å². The van der Waals surface area contributed by atoms with Crippen molar-refractivity contribution >= 4 is 40.0 Å². The van der Waals surface area contributed by atoms with E-state index in [0.29, 0.717) is 28.2 Å². The molecule has 178 valence electrons. The molecule has 1 N–H and O–H groups in total. The number of para-hydroxylation sites is 1. The van der Waals surface area contributed by atoms with Crippen molar-refractivity contribution in [1.82, 2.24) is 15.2 Å². The molecule has 3 aromatic carbocycles. The van der Waals surface area contributed by atoms with Crippen LogP contribution in [0.25, 0.3) is 10.9 Å². The van der Waals surface area contributed by atoms with Crippen LogP contribution in [0, 0.1) is 0 Å². The Labute approximate surface area is 215 Å². The van der Waals surface area contributed by atoms with Crippen LogP contribution in [0.4, 0.5) is 0 Å². The number of piperidine rings is 1. The van der Waals surface area contributed by atoms with E-state index in [1.54, 1.807) is 18.2 Å². The van der Waals surface area contributed by atoms with E-state index in [9.17, 15) is 4.79 Å². The summed E-state index contributed by atoms with van der Waals surface area (Å²) in [7, 11) is 0. The molecule has 0 spiro atoms. The van der Waals surface area contributed by atoms with E-state index in [1.165, 1.54) is 5.56 Å². The fourth-order valence-electron chi connectivity index (χ4n) is 4.90. The first-order chi connectivity index (χ1) is 17.0. The monoisotopic (exact) mass is 503 g/mol. The number of aromatic nitrogens is 1. The highest BCUT2D eigenvalue weighted by Gasteiger charge is 2.32. The van der Waals surface area contributed by atoms with Gasteiger partial charge in [0.1, 0.15) is 0 Å². The molecule has 1 aromatic heterocycles. The number of hydrogen-bond acceptors (Lipinski definition) is 3. The minimum Gasteiger partial charge on any atom is -0.335 e. The van der Waals surface area contributed by atoms with Gasteiger partial charge < -0.3 is 10.2 Å². The predicted molar refractivity (Wildman–Crippen MR) is 143 cm³/mol. The fourth-order valence-corrected chi connectivity index (χ4v) is 5.43. The van der Waals surface area contributed by atoms with Crippen LogP contribution in [0.1, 0.15) is 34.3 Å². The van der Waals surface area contributed by atoms with E-state index >= 15 is 0 Å². The number of nitrogens with one attached hydrogen (secondary N) is 1. The molecule has 2 atom stereocenters. The van der Waals surface area contributed by atoms with E-state index in [4.69, 9.17) is 23.2 Å². The number of amides is 1. The molecule has 1 amide bonds. The number of rotatable bonds is 6. The number of carbonyl (C=O) groups is 1. The maximum absolute atomic E-state index is 13.5. The molecular formula is C29H27Cl2N3O. The molecule has 4 nitrogen and oxygen atoms in total. The van der Waals surface area contributed by atoms with E-state index in [2.05, 4.69) is 34.6 Å². The Morgan fingerprint density at radius 1 is 0.943 bits per heavy atom. The minimum atomic E-state index is -0.0208. The van der Waals surface area contributed by atoms with Crippen molar-refractivity contribution in [3.8, 4) is 0 Å². The third-order valence-corrected chi connectivity index (χ3v) is 7.08. The van der Waals surface area contributed by atoms with E-state index in [1.807, 2.05) is 47.5 Å². The lowest BCUT2D eigenvalue weighted by Gasteiger charge is -2.40. The van der Waals surface area contributed by atoms with Crippen LogP contribution < -0.4 is 5.32 Å². The van der Waals surface area contributed by atoms with E-state index in [-0.39, 0.29) is 11.9 Å². The van der Waals surface area contributed by atoms with Crippen molar-refractivity contribution in [2.24, 2.45) is 0 Å². The Morgan fingerprint density at radius 2 is 1.69 bits per heavy atom. The molecule has 1 fully saturated rings. The zero-order valence-electron chi connectivity index (χ0n) is 19.3. The molecule has 0 unspecified atom stereocenters. The molecular weight excluding hydrogens is 477 g/mol. The first-order valence-corrected chi connectivity index (χ1v) is 12.7. The van der Waals surface area contributed by atoms with Crippen LogP contribution >= 0.6 is 23.2 Å². The van der Waals surface area contributed by atoms with Gasteiger partial charge in [-0.05, 0) is 60.7 Å². The van der Waals surface area contributed by atoms with Crippen molar-refractivity contribution in [1.29, 1.82) is 0 Å². The molecule has 0 saturated carbocycles. The summed E-state index contributed by atoms with van der Waals surface area (Å²) in [6.07, 6.45) is 4.50. The van der Waals surface area contributed by atoms with Crippen molar-refractivity contribution in [3.63, 3.8) is 0 Å². The quantitative estimate of drug-likeness (QED) is 0.324. The number of likely N-dealkylation sites (tertiary alicyclic amines) is 1. The Balaban J connectivity index is 1.31. The van der Waals surface area contributed by atoms with Gasteiger partial charge in [-0.25, -0.2) is 0 Å². The first kappa shape index (κ1) is 23.8. The smallest absolute Gasteiger partial charge is 0.254 e. The predicted octanol–water partition coefficient (Wildman–Crippen LogP) is 6.55. The second kappa shape index (κ2) is 10.8. The summed E-state index contributed by atoms with van der Waals surface area (Å²) < 4.78 is 0. The van der Waals surface area contributed by atoms with Crippen LogP contribution in [-0.4, -0.2) is 34.4 Å². The SMILES string of the molecule is O=C(c1cc(Cl)cc(Cl)c1)N1CC[C@H](NCc2cnc3ccccc3c2)C[C@H]1Cc1ccccc1. The molecule has 1 saturated heterocycles. The topological polar surface area (TPSA) is 45.2 Å². The molecule has 2 heterocycles. The molecule has 4 aromatic rings. The van der Waals surface area contributed by atoms with Crippen LogP contribution in [0.5, 0.6) is 0 Å². The average Bonchev–Trinajstić information content (AvgIpc) is 2.87. The molecule has 0 aliphatic carbocycles. The van der Waals surface area contributed by atoms with Gasteiger partial charge in [0.05, 0.1) is 5.52 Å². The number of hydrogen-bond donors (Lipinski definition) is 1. The molecule has 1 aliphatic heterocycles. The van der Waals surface area contributed by atoms with E-state index < -0.39 is 0 Å². The highest BCUT2D eigenvalue weighted by molar-refractivity contribution is 6.35. The number of benzene rings is 3. The number of pyridine rings is 1. The van der Waals surface area contributed by atoms with Gasteiger partial charge in [-0.3, -0.25) is 9.78 Å². The summed E-state index contributed by atoms with van der Waals surface area (Å²) in [5.74, 6) is -0.0208. The lowest BCUT2D eigenvalue weighted by molar-refractivity contribution is 0.0576. The second-order valence-corrected chi connectivity index (χ2v) is 10.0. The van der Waals surface area contributed by atoms with Crippen LogP contribution in [0.15, 0.2) is 85.1 Å². The summed E-state index contributed by atoms with van der Waals surface area (Å²) in [5.41, 5.74) is 3.93. The second-order valence-electron chi connectivity index (χ2n) is 9.14. The summed E-state index contributed by atoms with van der Waals surface area (Å²) in [4.78, 5) is 20.1. The lowest BCUT2D eigenvalue weighted by Crippen LogP contribution is -2.51. The summed E-state index contributed by atoms with van der Waals surface area (Å²) in [6, 6.07) is 26.1. The largest absolute Gasteiger partial charge is 0.335 e. The van der Waals surface area contributed by atoms with Gasteiger partial charge in [-0.2, -0.15) is 0 Å². The van der Waals surface area contributed by atoms with Crippen LogP contribution in [0.3, 0.4) is 0 Å². The zero-order chi connectivity index (χ0) is 24.2. The fraction of sp³-hybridized carbons (Fsp3) is 0.241. The van der Waals surface area contributed by atoms with Crippen molar-refractivity contribution in [3.05, 3.63) is 112 Å². The Hall–Kier alpha value is -2.92. The van der Waals surface area contributed by atoms with Crippen molar-refractivity contribution in [2.75, 3.05) is 6.54 Å². The number of halogens is 2. The lowest BCUT2D eigenvalue weighted by atomic mass is 9.91. The molecule has 5 rings (SSSR count). The standard InChI is InChI=1S/C29H27Cl2N3O/c30-24-14-23(15-25(31)16-24)29(35)34-11-10-26(17-27(34)13-20-6-2-1-3-7-20)32-18-21-12-22-8-4-5-9-28(22)33-19-21/h1-9,12,14-16,19,26-27,32H,10-11,13,17-18H2/t26-,27+/m0/s1. The first-order valence-electron chi connectivity index (χ1n) is 11.9. The Bertz CT molecular complexity index is 1310. The third kappa shape index (κ3) is 5.84. The molecule has 1 aliphatic rings. The van der Waals surface area contributed by atoms with Gasteiger partial charge in [-0.1, -0.05) is 71.7 Å². The van der Waals surface area contributed by atoms with Gasteiger partial charge in [0.15, 0.2) is 0 Å². The van der Waals surface area contributed by atoms with Gasteiger partial charge >= 0.3 is 0 Å². The highest BCUT2D eigenvalue weighted by Crippen LogP contribution is 2.26. The molecule has 0 bridgehead atoms. The Morgan fingerprint density at radius 3 is 2.49 bits per heavy atom. The van der Waals surface area contributed by atoms with Gasteiger partial charge in [-0.15, -0.1) is 0 Å². The third-order valence-electron chi connectivity index (χ3n) is 6.64. The van der Waals surface area contributed by atoms with E-state index in [0.717, 1.165) is 42.3 Å². The van der Waals surface area contributed by atoms with Crippen molar-refractivity contribution in [2.45, 2.75) is 37.9 Å². The van der Waals surface area contributed by atoms with Crippen molar-refractivity contribution < 1.29 is 4.79 Å². The normalized spacial score (nSPS) is 18.1. The van der Waals surface area contributed by atoms with Crippen LogP contribution in [0.2, 0.25) is 10.0 Å². The highest BCUT2D eigenvalue weighted by atomic mass is 35.5. The number of fused-ring (bicyclic) bond motifs is 1. The average molecular weight is 504 g/mol. The van der Waals surface area contributed by atoms with Crippen LogP contribution in [-0.2, 0) is 13.0 Å². The van der Waals surface area contributed by atoms with Gasteiger partial charge in [0.25, 0.3) is 5.91 Å². The summed E-state index contributed by atoms with van der Waals surface area (Å²) >= 11 is 12.4. The Kier molecular flexibility index (Phi) is 7.33. The molecule has 35 heavy (non-hydrogen) atoms. The molecule has 0 radical (unpaired) electrons. The number of nitrogens with zero attached hydrogens (tertiary/aromatic N) is 2. The maximum atomic E-state index is 13.5. The van der Waals surface area contributed by atoms with Gasteiger partial charge in [0.2, 0.25) is 0 Å². The zero-order valence-corrected chi connectivity index (χ0v) is 20.8. The molecule has 6 heteroatoms. The maximum Gasteiger partial charge on any atom is 0.254 e. The minimum absolute atomic E-state index is 0.0208. The summed E-state index contributed by atoms with van der Waals surface area (Å²) in [5, 5.41) is 5.81.